The number of H-pyrrole nitrogens is 1. The van der Waals surface area contributed by atoms with Crippen LogP contribution in [-0.4, -0.2) is 27.2 Å². The number of hydrogen-bond acceptors (Lipinski definition) is 5. The SMILES string of the molecule is Cc1ccc2c(c1)C(C)(N)c1cc(Cl)ccc1N2CCc1nn[nH]n1. The Hall–Kier alpha value is -2.44. The number of fused-ring (bicyclic) bond motifs is 2. The molecule has 3 aromatic rings. The van der Waals surface area contributed by atoms with Crippen LogP contribution >= 0.6 is 11.6 Å². The molecule has 1 aliphatic rings. The van der Waals surface area contributed by atoms with Crippen LogP contribution in [0, 0.1) is 6.92 Å². The number of nitrogens with one attached hydrogen (secondary N) is 1. The van der Waals surface area contributed by atoms with Crippen molar-refractivity contribution in [2.24, 2.45) is 5.73 Å². The normalized spacial score (nSPS) is 18.8. The highest BCUT2D eigenvalue weighted by atomic mass is 35.5. The zero-order chi connectivity index (χ0) is 17.6. The largest absolute Gasteiger partial charge is 0.340 e. The van der Waals surface area contributed by atoms with E-state index in [1.807, 2.05) is 25.1 Å². The molecule has 0 amide bonds. The molecule has 7 heteroatoms. The number of tetrazole rings is 1. The average Bonchev–Trinajstić information content (AvgIpc) is 3.09. The summed E-state index contributed by atoms with van der Waals surface area (Å²) in [6, 6.07) is 12.3. The van der Waals surface area contributed by atoms with Gasteiger partial charge in [0, 0.05) is 40.5 Å². The van der Waals surface area contributed by atoms with Crippen LogP contribution < -0.4 is 10.6 Å². The van der Waals surface area contributed by atoms with Crippen molar-refractivity contribution in [2.75, 3.05) is 11.4 Å². The van der Waals surface area contributed by atoms with Gasteiger partial charge in [0.05, 0.1) is 5.54 Å². The monoisotopic (exact) mass is 354 g/mol. The number of halogens is 1. The Morgan fingerprint density at radius 1 is 1.16 bits per heavy atom. The van der Waals surface area contributed by atoms with Crippen LogP contribution in [0.2, 0.25) is 5.02 Å². The fourth-order valence-corrected chi connectivity index (χ4v) is 3.65. The van der Waals surface area contributed by atoms with E-state index in [9.17, 15) is 0 Å². The molecular weight excluding hydrogens is 336 g/mol. The Labute approximate surface area is 151 Å². The number of nitrogens with two attached hydrogens (primary N) is 1. The molecule has 0 bridgehead atoms. The lowest BCUT2D eigenvalue weighted by atomic mass is 9.79. The van der Waals surface area contributed by atoms with E-state index < -0.39 is 5.54 Å². The number of aryl methyl sites for hydroxylation is 1. The third kappa shape index (κ3) is 2.67. The van der Waals surface area contributed by atoms with Gasteiger partial charge in [-0.3, -0.25) is 0 Å². The molecule has 25 heavy (non-hydrogen) atoms. The standard InChI is InChI=1S/C18H19ClN6/c1-11-3-5-15-13(9-11)18(2,20)14-10-12(19)4-6-16(14)25(15)8-7-17-21-23-24-22-17/h3-6,9-10H,7-8,20H2,1-2H3,(H,21,22,23,24). The molecule has 0 radical (unpaired) electrons. The summed E-state index contributed by atoms with van der Waals surface area (Å²) in [6.45, 7) is 4.84. The summed E-state index contributed by atoms with van der Waals surface area (Å²) in [6.07, 6.45) is 0.674. The zero-order valence-corrected chi connectivity index (χ0v) is 14.9. The van der Waals surface area contributed by atoms with Crippen LogP contribution in [0.4, 0.5) is 11.4 Å². The molecule has 0 saturated carbocycles. The predicted octanol–water partition coefficient (Wildman–Crippen LogP) is 3.08. The molecule has 2 heterocycles. The summed E-state index contributed by atoms with van der Waals surface area (Å²) < 4.78 is 0. The molecule has 0 spiro atoms. The van der Waals surface area contributed by atoms with Gasteiger partial charge in [-0.25, -0.2) is 0 Å². The van der Waals surface area contributed by atoms with E-state index in [2.05, 4.69) is 50.6 Å². The maximum Gasteiger partial charge on any atom is 0.176 e. The summed E-state index contributed by atoms with van der Waals surface area (Å²) in [5, 5.41) is 14.9. The van der Waals surface area contributed by atoms with Crippen molar-refractivity contribution in [1.29, 1.82) is 0 Å². The molecule has 1 aliphatic heterocycles. The first-order valence-electron chi connectivity index (χ1n) is 8.17. The number of hydrogen-bond donors (Lipinski definition) is 2. The Morgan fingerprint density at radius 2 is 1.88 bits per heavy atom. The van der Waals surface area contributed by atoms with Gasteiger partial charge < -0.3 is 10.6 Å². The highest BCUT2D eigenvalue weighted by Gasteiger charge is 2.37. The third-order valence-corrected chi connectivity index (χ3v) is 4.99. The number of nitrogens with zero attached hydrogens (tertiary/aromatic N) is 4. The van der Waals surface area contributed by atoms with Crippen LogP contribution in [-0.2, 0) is 12.0 Å². The first kappa shape index (κ1) is 16.1. The van der Waals surface area contributed by atoms with Gasteiger partial charge in [0.25, 0.3) is 0 Å². The Bertz CT molecular complexity index is 864. The smallest absolute Gasteiger partial charge is 0.176 e. The molecule has 3 N–H and O–H groups in total. The van der Waals surface area contributed by atoms with Gasteiger partial charge in [-0.15, -0.1) is 10.2 Å². The van der Waals surface area contributed by atoms with Gasteiger partial charge in [0.1, 0.15) is 0 Å². The van der Waals surface area contributed by atoms with E-state index in [1.165, 1.54) is 5.56 Å². The summed E-state index contributed by atoms with van der Waals surface area (Å²) in [7, 11) is 0. The second-order valence-corrected chi connectivity index (χ2v) is 7.05. The summed E-state index contributed by atoms with van der Waals surface area (Å²) >= 11 is 6.26. The lowest BCUT2D eigenvalue weighted by Gasteiger charge is -2.42. The van der Waals surface area contributed by atoms with E-state index in [1.54, 1.807) is 0 Å². The van der Waals surface area contributed by atoms with E-state index >= 15 is 0 Å². The van der Waals surface area contributed by atoms with Crippen LogP contribution in [0.25, 0.3) is 0 Å². The molecule has 2 aromatic carbocycles. The summed E-state index contributed by atoms with van der Waals surface area (Å²) in [5.74, 6) is 0.685. The Morgan fingerprint density at radius 3 is 2.60 bits per heavy atom. The first-order chi connectivity index (χ1) is 12.0. The van der Waals surface area contributed by atoms with E-state index in [-0.39, 0.29) is 0 Å². The van der Waals surface area contributed by atoms with Crippen molar-refractivity contribution in [3.63, 3.8) is 0 Å². The van der Waals surface area contributed by atoms with E-state index in [0.717, 1.165) is 29.0 Å². The van der Waals surface area contributed by atoms with E-state index in [0.29, 0.717) is 17.3 Å². The van der Waals surface area contributed by atoms with E-state index in [4.69, 9.17) is 17.3 Å². The number of anilines is 2. The maximum absolute atomic E-state index is 6.77. The van der Waals surface area contributed by atoms with Crippen molar-refractivity contribution in [2.45, 2.75) is 25.8 Å². The van der Waals surface area contributed by atoms with Crippen LogP contribution in [0.3, 0.4) is 0 Å². The minimum absolute atomic E-state index is 0.607. The fraction of sp³-hybridized carbons (Fsp3) is 0.278. The second kappa shape index (κ2) is 5.82. The number of rotatable bonds is 3. The molecule has 1 atom stereocenters. The fourth-order valence-electron chi connectivity index (χ4n) is 3.48. The highest BCUT2D eigenvalue weighted by molar-refractivity contribution is 6.30. The quantitative estimate of drug-likeness (QED) is 0.755. The molecule has 0 saturated heterocycles. The van der Waals surface area contributed by atoms with Gasteiger partial charge in [-0.05, 0) is 38.1 Å². The lowest BCUT2D eigenvalue weighted by Crippen LogP contribution is -2.42. The number of benzene rings is 2. The van der Waals surface area contributed by atoms with Gasteiger partial charge in [0.2, 0.25) is 0 Å². The minimum Gasteiger partial charge on any atom is -0.340 e. The molecule has 0 aliphatic carbocycles. The van der Waals surface area contributed by atoms with Crippen LogP contribution in [0.5, 0.6) is 0 Å². The van der Waals surface area contributed by atoms with Crippen molar-refractivity contribution in [3.8, 4) is 0 Å². The van der Waals surface area contributed by atoms with Crippen molar-refractivity contribution in [1.82, 2.24) is 20.6 Å². The Kier molecular flexibility index (Phi) is 3.74. The van der Waals surface area contributed by atoms with Crippen LogP contribution in [0.1, 0.15) is 29.4 Å². The zero-order valence-electron chi connectivity index (χ0n) is 14.1. The first-order valence-corrected chi connectivity index (χ1v) is 8.54. The number of aromatic nitrogens is 4. The second-order valence-electron chi connectivity index (χ2n) is 6.61. The van der Waals surface area contributed by atoms with Crippen molar-refractivity contribution >= 4 is 23.0 Å². The number of aromatic amines is 1. The molecule has 0 fully saturated rings. The molecule has 1 unspecified atom stereocenters. The lowest BCUT2D eigenvalue weighted by molar-refractivity contribution is 0.588. The molecule has 4 rings (SSSR count). The summed E-state index contributed by atoms with van der Waals surface area (Å²) in [5.41, 5.74) is 11.6. The van der Waals surface area contributed by atoms with Crippen molar-refractivity contribution < 1.29 is 0 Å². The minimum atomic E-state index is -0.607. The predicted molar refractivity (Wildman–Crippen MR) is 98.2 cm³/mol. The molecule has 128 valence electrons. The van der Waals surface area contributed by atoms with Gasteiger partial charge in [-0.1, -0.05) is 34.5 Å². The van der Waals surface area contributed by atoms with Gasteiger partial charge in [-0.2, -0.15) is 5.21 Å². The van der Waals surface area contributed by atoms with Gasteiger partial charge >= 0.3 is 0 Å². The maximum atomic E-state index is 6.77. The molecule has 6 nitrogen and oxygen atoms in total. The third-order valence-electron chi connectivity index (χ3n) is 4.76. The van der Waals surface area contributed by atoms with Crippen LogP contribution in [0.15, 0.2) is 36.4 Å². The average molecular weight is 355 g/mol. The highest BCUT2D eigenvalue weighted by Crippen LogP contribution is 2.47. The van der Waals surface area contributed by atoms with Crippen molar-refractivity contribution in [3.05, 3.63) is 63.9 Å². The molecular formula is C18H19ClN6. The Balaban J connectivity index is 1.84. The van der Waals surface area contributed by atoms with Gasteiger partial charge in [0.15, 0.2) is 5.82 Å². The summed E-state index contributed by atoms with van der Waals surface area (Å²) in [4.78, 5) is 2.26. The molecule has 1 aromatic heterocycles. The topological polar surface area (TPSA) is 83.7 Å².